The van der Waals surface area contributed by atoms with Crippen LogP contribution in [0.1, 0.15) is 15.9 Å². The molecule has 0 saturated carbocycles. The first kappa shape index (κ1) is 18.6. The summed E-state index contributed by atoms with van der Waals surface area (Å²) in [6.45, 7) is 1.77. The van der Waals surface area contributed by atoms with Gasteiger partial charge in [0, 0.05) is 5.69 Å². The second-order valence-corrected chi connectivity index (χ2v) is 7.15. The third-order valence-corrected chi connectivity index (χ3v) is 4.03. The molecule has 2 aromatic carbocycles. The molecular weight excluding hydrogens is 344 g/mol. The van der Waals surface area contributed by atoms with Crippen LogP contribution in [0.4, 0.5) is 11.4 Å². The molecule has 2 N–H and O–H groups in total. The molecule has 0 saturated heterocycles. The Hall–Kier alpha value is -2.74. The van der Waals surface area contributed by atoms with Crippen LogP contribution < -0.4 is 19.5 Å². The predicted octanol–water partition coefficient (Wildman–Crippen LogP) is 2.64. The van der Waals surface area contributed by atoms with Crippen molar-refractivity contribution in [3.63, 3.8) is 0 Å². The van der Waals surface area contributed by atoms with Crippen LogP contribution in [0.25, 0.3) is 0 Å². The van der Waals surface area contributed by atoms with E-state index in [0.717, 1.165) is 11.8 Å². The van der Waals surface area contributed by atoms with Gasteiger partial charge in [0.2, 0.25) is 10.0 Å². The number of aryl methyl sites for hydroxylation is 1. The van der Waals surface area contributed by atoms with Gasteiger partial charge in [0.05, 0.1) is 31.7 Å². The second kappa shape index (κ2) is 7.43. The van der Waals surface area contributed by atoms with Crippen LogP contribution in [-0.2, 0) is 10.0 Å². The van der Waals surface area contributed by atoms with Crippen molar-refractivity contribution in [2.75, 3.05) is 30.5 Å². The van der Waals surface area contributed by atoms with E-state index in [1.165, 1.54) is 14.2 Å². The first-order chi connectivity index (χ1) is 11.7. The molecule has 0 unspecified atom stereocenters. The van der Waals surface area contributed by atoms with Gasteiger partial charge in [-0.15, -0.1) is 0 Å². The van der Waals surface area contributed by atoms with Crippen molar-refractivity contribution < 1.29 is 22.7 Å². The highest BCUT2D eigenvalue weighted by atomic mass is 32.2. The van der Waals surface area contributed by atoms with Gasteiger partial charge in [-0.2, -0.15) is 0 Å². The standard InChI is InChI=1S/C17H20N2O5S/c1-11-8-9-12(10-14(11)19-25(4,21)22)18-17(20)13-6-5-7-15(23-2)16(13)24-3/h5-10,19H,1-4H3,(H,18,20). The normalized spacial score (nSPS) is 10.9. The molecule has 0 spiro atoms. The Bertz CT molecular complexity index is 894. The number of ether oxygens (including phenoxy) is 2. The molecule has 0 radical (unpaired) electrons. The number of methoxy groups -OCH3 is 2. The number of nitrogens with one attached hydrogen (secondary N) is 2. The highest BCUT2D eigenvalue weighted by Gasteiger charge is 2.17. The lowest BCUT2D eigenvalue weighted by Crippen LogP contribution is -2.15. The third-order valence-electron chi connectivity index (χ3n) is 3.44. The Balaban J connectivity index is 2.31. The van der Waals surface area contributed by atoms with Gasteiger partial charge in [-0.1, -0.05) is 12.1 Å². The number of carbonyl (C=O) groups excluding carboxylic acids is 1. The van der Waals surface area contributed by atoms with Crippen LogP contribution in [0.2, 0.25) is 0 Å². The number of para-hydroxylation sites is 1. The molecule has 7 nitrogen and oxygen atoms in total. The molecule has 0 aromatic heterocycles. The fourth-order valence-electron chi connectivity index (χ4n) is 2.27. The summed E-state index contributed by atoms with van der Waals surface area (Å²) in [5.41, 5.74) is 1.90. The Kier molecular flexibility index (Phi) is 5.53. The highest BCUT2D eigenvalue weighted by molar-refractivity contribution is 7.92. The molecule has 134 valence electrons. The maximum absolute atomic E-state index is 12.6. The summed E-state index contributed by atoms with van der Waals surface area (Å²) in [5.74, 6) is 0.368. The molecule has 0 aliphatic carbocycles. The maximum Gasteiger partial charge on any atom is 0.259 e. The van der Waals surface area contributed by atoms with E-state index in [9.17, 15) is 13.2 Å². The van der Waals surface area contributed by atoms with E-state index in [0.29, 0.717) is 28.4 Å². The Morgan fingerprint density at radius 3 is 2.40 bits per heavy atom. The van der Waals surface area contributed by atoms with Gasteiger partial charge >= 0.3 is 0 Å². The number of sulfonamides is 1. The number of rotatable bonds is 6. The van der Waals surface area contributed by atoms with Crippen molar-refractivity contribution in [2.45, 2.75) is 6.92 Å². The SMILES string of the molecule is COc1cccc(C(=O)Nc2ccc(C)c(NS(C)(=O)=O)c2)c1OC. The smallest absolute Gasteiger partial charge is 0.259 e. The van der Waals surface area contributed by atoms with E-state index < -0.39 is 15.9 Å². The average Bonchev–Trinajstić information content (AvgIpc) is 2.55. The van der Waals surface area contributed by atoms with Gasteiger partial charge < -0.3 is 14.8 Å². The zero-order chi connectivity index (χ0) is 18.6. The lowest BCUT2D eigenvalue weighted by molar-refractivity contribution is 0.102. The monoisotopic (exact) mass is 364 g/mol. The minimum Gasteiger partial charge on any atom is -0.493 e. The topological polar surface area (TPSA) is 93.7 Å². The summed E-state index contributed by atoms with van der Waals surface area (Å²) in [7, 11) is -0.474. The molecule has 25 heavy (non-hydrogen) atoms. The number of carbonyl (C=O) groups is 1. The maximum atomic E-state index is 12.6. The fourth-order valence-corrected chi connectivity index (χ4v) is 2.89. The van der Waals surface area contributed by atoms with Crippen LogP contribution in [0, 0.1) is 6.92 Å². The van der Waals surface area contributed by atoms with E-state index >= 15 is 0 Å². The van der Waals surface area contributed by atoms with E-state index in [1.54, 1.807) is 43.3 Å². The summed E-state index contributed by atoms with van der Waals surface area (Å²) >= 11 is 0. The molecule has 2 rings (SSSR count). The molecule has 0 fully saturated rings. The van der Waals surface area contributed by atoms with Crippen molar-refractivity contribution >= 4 is 27.3 Å². The molecule has 8 heteroatoms. The number of anilines is 2. The summed E-state index contributed by atoms with van der Waals surface area (Å²) < 4.78 is 35.7. The number of hydrogen-bond acceptors (Lipinski definition) is 5. The zero-order valence-electron chi connectivity index (χ0n) is 14.4. The van der Waals surface area contributed by atoms with Gasteiger partial charge in [0.25, 0.3) is 5.91 Å². The van der Waals surface area contributed by atoms with E-state index in [4.69, 9.17) is 9.47 Å². The van der Waals surface area contributed by atoms with Crippen molar-refractivity contribution in [1.29, 1.82) is 0 Å². The number of hydrogen-bond donors (Lipinski definition) is 2. The van der Waals surface area contributed by atoms with Gasteiger partial charge in [0.1, 0.15) is 0 Å². The first-order valence-electron chi connectivity index (χ1n) is 7.36. The number of amides is 1. The largest absolute Gasteiger partial charge is 0.493 e. The quantitative estimate of drug-likeness (QED) is 0.822. The molecule has 1 amide bonds. The fraction of sp³-hybridized carbons (Fsp3) is 0.235. The van der Waals surface area contributed by atoms with E-state index in [1.807, 2.05) is 0 Å². The summed E-state index contributed by atoms with van der Waals surface area (Å²) in [6, 6.07) is 9.94. The summed E-state index contributed by atoms with van der Waals surface area (Å²) in [5, 5.41) is 2.73. The van der Waals surface area contributed by atoms with Gasteiger partial charge in [-0.25, -0.2) is 8.42 Å². The van der Waals surface area contributed by atoms with Crippen LogP contribution in [-0.4, -0.2) is 34.8 Å². The Morgan fingerprint density at radius 2 is 1.80 bits per heavy atom. The van der Waals surface area contributed by atoms with Crippen LogP contribution in [0.15, 0.2) is 36.4 Å². The zero-order valence-corrected chi connectivity index (χ0v) is 15.2. The van der Waals surface area contributed by atoms with Gasteiger partial charge in [-0.3, -0.25) is 9.52 Å². The summed E-state index contributed by atoms with van der Waals surface area (Å²) in [6.07, 6.45) is 1.07. The van der Waals surface area contributed by atoms with Gasteiger partial charge in [0.15, 0.2) is 11.5 Å². The molecular formula is C17H20N2O5S. The molecule has 2 aromatic rings. The van der Waals surface area contributed by atoms with Gasteiger partial charge in [-0.05, 0) is 36.8 Å². The molecule has 0 aliphatic heterocycles. The van der Waals surface area contributed by atoms with Crippen molar-refractivity contribution in [1.82, 2.24) is 0 Å². The Morgan fingerprint density at radius 1 is 1.08 bits per heavy atom. The highest BCUT2D eigenvalue weighted by Crippen LogP contribution is 2.31. The third kappa shape index (κ3) is 4.63. The van der Waals surface area contributed by atoms with Crippen LogP contribution in [0.3, 0.4) is 0 Å². The summed E-state index contributed by atoms with van der Waals surface area (Å²) in [4.78, 5) is 12.6. The van der Waals surface area contributed by atoms with Crippen molar-refractivity contribution in [3.8, 4) is 11.5 Å². The molecule has 0 bridgehead atoms. The van der Waals surface area contributed by atoms with Crippen molar-refractivity contribution in [2.24, 2.45) is 0 Å². The minimum absolute atomic E-state index is 0.306. The molecule has 0 atom stereocenters. The average molecular weight is 364 g/mol. The number of benzene rings is 2. The first-order valence-corrected chi connectivity index (χ1v) is 9.25. The van der Waals surface area contributed by atoms with Crippen LogP contribution in [0.5, 0.6) is 11.5 Å². The van der Waals surface area contributed by atoms with Crippen LogP contribution >= 0.6 is 0 Å². The van der Waals surface area contributed by atoms with E-state index in [2.05, 4.69) is 10.0 Å². The van der Waals surface area contributed by atoms with Crippen molar-refractivity contribution in [3.05, 3.63) is 47.5 Å². The minimum atomic E-state index is -3.42. The second-order valence-electron chi connectivity index (χ2n) is 5.40. The Labute approximate surface area is 147 Å². The van der Waals surface area contributed by atoms with E-state index in [-0.39, 0.29) is 0 Å². The lowest BCUT2D eigenvalue weighted by Gasteiger charge is -2.14. The molecule has 0 aliphatic rings. The lowest BCUT2D eigenvalue weighted by atomic mass is 10.1. The predicted molar refractivity (Wildman–Crippen MR) is 97.1 cm³/mol. The molecule has 0 heterocycles.